The van der Waals surface area contributed by atoms with Gasteiger partial charge in [0.05, 0.1) is 16.6 Å². The first kappa shape index (κ1) is 13.1. The highest BCUT2D eigenvalue weighted by molar-refractivity contribution is 7.84. The number of anilines is 1. The van der Waals surface area contributed by atoms with Crippen LogP contribution in [0, 0.1) is 6.92 Å². The quantitative estimate of drug-likeness (QED) is 0.874. The average molecular weight is 280 g/mol. The maximum absolute atomic E-state index is 12.2. The molecule has 0 aliphatic rings. The van der Waals surface area contributed by atoms with Crippen LogP contribution in [0.4, 0.5) is 5.69 Å². The third kappa shape index (κ3) is 3.12. The number of hydrogen-bond donors (Lipinski definition) is 1. The van der Waals surface area contributed by atoms with Gasteiger partial charge in [-0.2, -0.15) is 0 Å². The Morgan fingerprint density at radius 2 is 1.83 bits per heavy atom. The van der Waals surface area contributed by atoms with Gasteiger partial charge < -0.3 is 5.73 Å². The summed E-state index contributed by atoms with van der Waals surface area (Å²) in [5, 5.41) is 0.565. The second kappa shape index (κ2) is 5.55. The van der Waals surface area contributed by atoms with Gasteiger partial charge in [-0.25, -0.2) is 0 Å². The Balaban J connectivity index is 2.18. The number of nitrogens with two attached hydrogens (primary N) is 1. The third-order valence-electron chi connectivity index (χ3n) is 2.65. The van der Waals surface area contributed by atoms with E-state index < -0.39 is 10.8 Å². The first-order chi connectivity index (χ1) is 8.56. The van der Waals surface area contributed by atoms with Crippen molar-refractivity contribution in [2.24, 2.45) is 0 Å². The zero-order valence-corrected chi connectivity index (χ0v) is 11.6. The Morgan fingerprint density at radius 3 is 2.44 bits per heavy atom. The largest absolute Gasteiger partial charge is 0.399 e. The molecule has 1 unspecified atom stereocenters. The first-order valence-electron chi connectivity index (χ1n) is 5.55. The van der Waals surface area contributed by atoms with Crippen LogP contribution in [0.3, 0.4) is 0 Å². The zero-order chi connectivity index (χ0) is 13.1. The van der Waals surface area contributed by atoms with E-state index >= 15 is 0 Å². The van der Waals surface area contributed by atoms with E-state index in [1.165, 1.54) is 0 Å². The Kier molecular flexibility index (Phi) is 4.04. The highest BCUT2D eigenvalue weighted by Gasteiger charge is 2.08. The minimum absolute atomic E-state index is 0.405. The molecule has 4 heteroatoms. The van der Waals surface area contributed by atoms with Crippen molar-refractivity contribution in [2.45, 2.75) is 17.6 Å². The molecule has 0 radical (unpaired) electrons. The summed E-state index contributed by atoms with van der Waals surface area (Å²) in [6, 6.07) is 13.0. The van der Waals surface area contributed by atoms with Gasteiger partial charge in [0.15, 0.2) is 0 Å². The van der Waals surface area contributed by atoms with Crippen LogP contribution in [0.25, 0.3) is 0 Å². The van der Waals surface area contributed by atoms with Gasteiger partial charge in [-0.05, 0) is 36.8 Å². The summed E-state index contributed by atoms with van der Waals surface area (Å²) in [5.41, 5.74) is 8.25. The van der Waals surface area contributed by atoms with E-state index in [2.05, 4.69) is 0 Å². The molecule has 2 aromatic rings. The summed E-state index contributed by atoms with van der Waals surface area (Å²) in [6.07, 6.45) is 0. The van der Waals surface area contributed by atoms with Crippen LogP contribution in [0.5, 0.6) is 0 Å². The average Bonchev–Trinajstić information content (AvgIpc) is 2.33. The minimum Gasteiger partial charge on any atom is -0.399 e. The zero-order valence-electron chi connectivity index (χ0n) is 10.0. The van der Waals surface area contributed by atoms with E-state index in [1.54, 1.807) is 12.1 Å². The van der Waals surface area contributed by atoms with Gasteiger partial charge in [-0.1, -0.05) is 35.4 Å². The Hall–Kier alpha value is -1.32. The fourth-order valence-electron chi connectivity index (χ4n) is 1.60. The van der Waals surface area contributed by atoms with Crippen molar-refractivity contribution < 1.29 is 4.21 Å². The molecule has 94 valence electrons. The number of rotatable bonds is 3. The second-order valence-corrected chi connectivity index (χ2v) is 6.01. The molecule has 2 aromatic carbocycles. The lowest BCUT2D eigenvalue weighted by Gasteiger charge is -2.06. The predicted octanol–water partition coefficient (Wildman–Crippen LogP) is 3.54. The van der Waals surface area contributed by atoms with Crippen LogP contribution < -0.4 is 5.73 Å². The van der Waals surface area contributed by atoms with Crippen LogP contribution in [0.1, 0.15) is 11.1 Å². The number of benzene rings is 2. The van der Waals surface area contributed by atoms with Crippen molar-refractivity contribution in [1.29, 1.82) is 0 Å². The molecular formula is C14H14ClNOS. The smallest absolute Gasteiger partial charge is 0.0574 e. The SMILES string of the molecule is Cc1ccc(S(=O)Cc2ccc(N)cc2Cl)cc1. The molecule has 1 atom stereocenters. The summed E-state index contributed by atoms with van der Waals surface area (Å²) in [4.78, 5) is 0.813. The summed E-state index contributed by atoms with van der Waals surface area (Å²) in [5.74, 6) is 0.405. The van der Waals surface area contributed by atoms with Gasteiger partial charge in [-0.3, -0.25) is 4.21 Å². The van der Waals surface area contributed by atoms with Crippen molar-refractivity contribution >= 4 is 28.1 Å². The maximum atomic E-state index is 12.2. The molecule has 0 heterocycles. The molecule has 2 rings (SSSR count). The fourth-order valence-corrected chi connectivity index (χ4v) is 3.07. The molecule has 0 saturated heterocycles. The predicted molar refractivity (Wildman–Crippen MR) is 77.2 cm³/mol. The van der Waals surface area contributed by atoms with Gasteiger partial charge in [0.1, 0.15) is 0 Å². The van der Waals surface area contributed by atoms with Crippen LogP contribution in [0.15, 0.2) is 47.4 Å². The Morgan fingerprint density at radius 1 is 1.17 bits per heavy atom. The highest BCUT2D eigenvalue weighted by Crippen LogP contribution is 2.22. The lowest BCUT2D eigenvalue weighted by molar-refractivity contribution is 0.682. The van der Waals surface area contributed by atoms with E-state index in [9.17, 15) is 4.21 Å². The van der Waals surface area contributed by atoms with Crippen molar-refractivity contribution in [2.75, 3.05) is 5.73 Å². The van der Waals surface area contributed by atoms with Crippen LogP contribution in [-0.2, 0) is 16.6 Å². The van der Waals surface area contributed by atoms with Crippen molar-refractivity contribution in [3.05, 3.63) is 58.6 Å². The molecule has 0 aliphatic carbocycles. The summed E-state index contributed by atoms with van der Waals surface area (Å²) < 4.78 is 12.2. The number of nitrogen functional groups attached to an aromatic ring is 1. The standard InChI is InChI=1S/C14H14ClNOS/c1-10-2-6-13(7-3-10)18(17)9-11-4-5-12(16)8-14(11)15/h2-8H,9,16H2,1H3. The van der Waals surface area contributed by atoms with E-state index in [1.807, 2.05) is 37.3 Å². The number of aryl methyl sites for hydroxylation is 1. The summed E-state index contributed by atoms with van der Waals surface area (Å²) >= 11 is 6.07. The monoisotopic (exact) mass is 279 g/mol. The summed E-state index contributed by atoms with van der Waals surface area (Å²) in [6.45, 7) is 2.00. The fraction of sp³-hybridized carbons (Fsp3) is 0.143. The number of hydrogen-bond acceptors (Lipinski definition) is 2. The van der Waals surface area contributed by atoms with Crippen molar-refractivity contribution in [1.82, 2.24) is 0 Å². The lowest BCUT2D eigenvalue weighted by Crippen LogP contribution is -1.98. The molecular weight excluding hydrogens is 266 g/mol. The molecule has 0 saturated carbocycles. The highest BCUT2D eigenvalue weighted by atomic mass is 35.5. The molecule has 18 heavy (non-hydrogen) atoms. The van der Waals surface area contributed by atoms with E-state index in [4.69, 9.17) is 17.3 Å². The minimum atomic E-state index is -1.08. The maximum Gasteiger partial charge on any atom is 0.0574 e. The third-order valence-corrected chi connectivity index (χ3v) is 4.37. The normalized spacial score (nSPS) is 12.3. The van der Waals surface area contributed by atoms with E-state index in [0.717, 1.165) is 16.0 Å². The Labute approximate surface area is 114 Å². The molecule has 0 bridgehead atoms. The summed E-state index contributed by atoms with van der Waals surface area (Å²) in [7, 11) is -1.08. The van der Waals surface area contributed by atoms with Crippen LogP contribution in [0.2, 0.25) is 5.02 Å². The molecule has 2 N–H and O–H groups in total. The van der Waals surface area contributed by atoms with Crippen molar-refractivity contribution in [3.63, 3.8) is 0 Å². The topological polar surface area (TPSA) is 43.1 Å². The van der Waals surface area contributed by atoms with Gasteiger partial charge >= 0.3 is 0 Å². The lowest BCUT2D eigenvalue weighted by atomic mass is 10.2. The molecule has 0 aliphatic heterocycles. The molecule has 0 amide bonds. The first-order valence-corrected chi connectivity index (χ1v) is 7.25. The van der Waals surface area contributed by atoms with Gasteiger partial charge in [0.2, 0.25) is 0 Å². The van der Waals surface area contributed by atoms with Crippen LogP contribution in [-0.4, -0.2) is 4.21 Å². The van der Waals surface area contributed by atoms with E-state index in [-0.39, 0.29) is 0 Å². The molecule has 0 aromatic heterocycles. The molecule has 2 nitrogen and oxygen atoms in total. The van der Waals surface area contributed by atoms with Crippen LogP contribution >= 0.6 is 11.6 Å². The molecule has 0 fully saturated rings. The van der Waals surface area contributed by atoms with E-state index in [0.29, 0.717) is 16.5 Å². The van der Waals surface area contributed by atoms with Crippen molar-refractivity contribution in [3.8, 4) is 0 Å². The van der Waals surface area contributed by atoms with Gasteiger partial charge in [-0.15, -0.1) is 0 Å². The number of halogens is 1. The van der Waals surface area contributed by atoms with Gasteiger partial charge in [0.25, 0.3) is 0 Å². The molecule has 0 spiro atoms. The Bertz CT molecular complexity index is 581. The second-order valence-electron chi connectivity index (χ2n) is 4.15. The van der Waals surface area contributed by atoms with Gasteiger partial charge in [0, 0.05) is 15.6 Å².